The van der Waals surface area contributed by atoms with Crippen LogP contribution in [0.15, 0.2) is 16.9 Å². The Morgan fingerprint density at radius 1 is 1.45 bits per heavy atom. The zero-order valence-corrected chi connectivity index (χ0v) is 13.4. The van der Waals surface area contributed by atoms with E-state index < -0.39 is 4.92 Å². The number of anilines is 1. The predicted octanol–water partition coefficient (Wildman–Crippen LogP) is 3.69. The maximum Gasteiger partial charge on any atom is 0.291 e. The van der Waals surface area contributed by atoms with Gasteiger partial charge < -0.3 is 5.32 Å². The van der Waals surface area contributed by atoms with Gasteiger partial charge in [0.05, 0.1) is 15.9 Å². The summed E-state index contributed by atoms with van der Waals surface area (Å²) in [5.41, 5.74) is 0.561. The van der Waals surface area contributed by atoms with Crippen LogP contribution in [-0.2, 0) is 13.0 Å². The van der Waals surface area contributed by atoms with Crippen LogP contribution in [0.1, 0.15) is 22.4 Å². The molecule has 0 radical (unpaired) electrons. The Labute approximate surface area is 128 Å². The van der Waals surface area contributed by atoms with E-state index >= 15 is 0 Å². The van der Waals surface area contributed by atoms with Crippen molar-refractivity contribution in [3.05, 3.63) is 42.4 Å². The van der Waals surface area contributed by atoms with E-state index in [1.807, 2.05) is 6.20 Å². The first-order valence-corrected chi connectivity index (χ1v) is 7.60. The molecule has 1 N–H and O–H groups in total. The Bertz CT molecular complexity index is 644. The Balaban J connectivity index is 2.14. The quantitative estimate of drug-likeness (QED) is 0.652. The van der Waals surface area contributed by atoms with Crippen molar-refractivity contribution >= 4 is 38.8 Å². The summed E-state index contributed by atoms with van der Waals surface area (Å²) >= 11 is 4.99. The molecule has 0 amide bonds. The molecule has 2 aromatic rings. The second kappa shape index (κ2) is 6.27. The molecule has 0 bridgehead atoms. The average Bonchev–Trinajstić information content (AvgIpc) is 2.88. The van der Waals surface area contributed by atoms with E-state index in [1.54, 1.807) is 18.3 Å². The molecule has 0 aromatic carbocycles. The Morgan fingerprint density at radius 3 is 2.80 bits per heavy atom. The standard InChI is InChI=1S/C12H13BrN4O2S/c1-3-8-4-14-10(20-8)6-16-12-11(13)7(2)9(5-15-12)17(18)19/h4-5H,3,6H2,1-2H3,(H,15,16). The van der Waals surface area contributed by atoms with Gasteiger partial charge in [0.1, 0.15) is 17.0 Å². The van der Waals surface area contributed by atoms with Gasteiger partial charge in [0.25, 0.3) is 5.69 Å². The van der Waals surface area contributed by atoms with E-state index in [0.29, 0.717) is 22.4 Å². The molecule has 2 heterocycles. The van der Waals surface area contributed by atoms with Crippen LogP contribution in [0.2, 0.25) is 0 Å². The van der Waals surface area contributed by atoms with Gasteiger partial charge in [0, 0.05) is 16.6 Å². The van der Waals surface area contributed by atoms with Gasteiger partial charge in [-0.2, -0.15) is 0 Å². The van der Waals surface area contributed by atoms with E-state index in [0.717, 1.165) is 11.4 Å². The van der Waals surface area contributed by atoms with E-state index in [4.69, 9.17) is 0 Å². The summed E-state index contributed by atoms with van der Waals surface area (Å²) in [4.78, 5) is 20.0. The van der Waals surface area contributed by atoms with Gasteiger partial charge in [-0.1, -0.05) is 6.92 Å². The number of nitro groups is 1. The molecule has 0 aliphatic rings. The number of rotatable bonds is 5. The largest absolute Gasteiger partial charge is 0.363 e. The van der Waals surface area contributed by atoms with E-state index in [-0.39, 0.29) is 5.69 Å². The monoisotopic (exact) mass is 356 g/mol. The molecule has 0 aliphatic heterocycles. The number of pyridine rings is 1. The fourth-order valence-electron chi connectivity index (χ4n) is 1.63. The predicted molar refractivity (Wildman–Crippen MR) is 82.1 cm³/mol. The van der Waals surface area contributed by atoms with Crippen molar-refractivity contribution in [1.29, 1.82) is 0 Å². The van der Waals surface area contributed by atoms with Crippen LogP contribution in [0.4, 0.5) is 11.5 Å². The molecule has 2 aromatic heterocycles. The highest BCUT2D eigenvalue weighted by Gasteiger charge is 2.17. The van der Waals surface area contributed by atoms with Crippen LogP contribution < -0.4 is 5.32 Å². The SMILES string of the molecule is CCc1cnc(CNc2ncc([N+](=O)[O-])c(C)c2Br)s1. The molecule has 20 heavy (non-hydrogen) atoms. The van der Waals surface area contributed by atoms with Gasteiger partial charge in [-0.3, -0.25) is 10.1 Å². The van der Waals surface area contributed by atoms with Gasteiger partial charge in [0.2, 0.25) is 0 Å². The molecule has 2 rings (SSSR count). The number of aryl methyl sites for hydroxylation is 1. The molecule has 0 fully saturated rings. The summed E-state index contributed by atoms with van der Waals surface area (Å²) in [5.74, 6) is 0.585. The minimum atomic E-state index is -0.439. The lowest BCUT2D eigenvalue weighted by molar-refractivity contribution is -0.385. The smallest absolute Gasteiger partial charge is 0.291 e. The molecule has 0 unspecified atom stereocenters. The van der Waals surface area contributed by atoms with Crippen molar-refractivity contribution in [3.8, 4) is 0 Å². The Morgan fingerprint density at radius 2 is 2.20 bits per heavy atom. The molecule has 6 nitrogen and oxygen atoms in total. The minimum Gasteiger partial charge on any atom is -0.363 e. The van der Waals surface area contributed by atoms with Gasteiger partial charge in [-0.25, -0.2) is 9.97 Å². The highest BCUT2D eigenvalue weighted by Crippen LogP contribution is 2.30. The molecule has 0 saturated heterocycles. The van der Waals surface area contributed by atoms with Gasteiger partial charge in [0.15, 0.2) is 0 Å². The Hall–Kier alpha value is -1.54. The summed E-state index contributed by atoms with van der Waals surface area (Å²) in [6, 6.07) is 0. The third kappa shape index (κ3) is 3.13. The van der Waals surface area contributed by atoms with Crippen molar-refractivity contribution in [3.63, 3.8) is 0 Å². The number of nitrogens with zero attached hydrogens (tertiary/aromatic N) is 3. The number of hydrogen-bond donors (Lipinski definition) is 1. The van der Waals surface area contributed by atoms with Crippen LogP contribution >= 0.6 is 27.3 Å². The zero-order chi connectivity index (χ0) is 14.7. The summed E-state index contributed by atoms with van der Waals surface area (Å²) in [6.07, 6.45) is 4.10. The van der Waals surface area contributed by atoms with Crippen LogP contribution in [-0.4, -0.2) is 14.9 Å². The number of aromatic nitrogens is 2. The second-order valence-corrected chi connectivity index (χ2v) is 6.11. The first-order valence-electron chi connectivity index (χ1n) is 5.99. The van der Waals surface area contributed by atoms with Crippen molar-refractivity contribution in [2.45, 2.75) is 26.8 Å². The molecular formula is C12H13BrN4O2S. The highest BCUT2D eigenvalue weighted by molar-refractivity contribution is 9.10. The molecule has 0 spiro atoms. The summed E-state index contributed by atoms with van der Waals surface area (Å²) in [7, 11) is 0. The minimum absolute atomic E-state index is 0.00458. The summed E-state index contributed by atoms with van der Waals surface area (Å²) in [6.45, 7) is 4.32. The number of thiazole rings is 1. The topological polar surface area (TPSA) is 81.0 Å². The number of hydrogen-bond acceptors (Lipinski definition) is 6. The van der Waals surface area contributed by atoms with Gasteiger partial charge in [-0.15, -0.1) is 11.3 Å². The van der Waals surface area contributed by atoms with Crippen molar-refractivity contribution in [2.75, 3.05) is 5.32 Å². The lowest BCUT2D eigenvalue weighted by Crippen LogP contribution is -2.04. The van der Waals surface area contributed by atoms with Crippen molar-refractivity contribution in [1.82, 2.24) is 9.97 Å². The first-order chi connectivity index (χ1) is 9.52. The maximum atomic E-state index is 10.8. The molecule has 0 aliphatic carbocycles. The van der Waals surface area contributed by atoms with Crippen molar-refractivity contribution < 1.29 is 4.92 Å². The molecule has 106 valence electrons. The number of nitrogens with one attached hydrogen (secondary N) is 1. The third-order valence-corrected chi connectivity index (χ3v) is 4.90. The summed E-state index contributed by atoms with van der Waals surface area (Å²) < 4.78 is 0.610. The van der Waals surface area contributed by atoms with Crippen LogP contribution in [0.3, 0.4) is 0 Å². The average molecular weight is 357 g/mol. The lowest BCUT2D eigenvalue weighted by atomic mass is 10.2. The molecule has 8 heteroatoms. The fourth-order valence-corrected chi connectivity index (χ4v) is 2.88. The number of halogens is 1. The second-order valence-electron chi connectivity index (χ2n) is 4.12. The molecule has 0 atom stereocenters. The van der Waals surface area contributed by atoms with Crippen molar-refractivity contribution in [2.24, 2.45) is 0 Å². The molecule has 0 saturated carbocycles. The van der Waals surface area contributed by atoms with Crippen LogP contribution in [0.25, 0.3) is 0 Å². The third-order valence-electron chi connectivity index (χ3n) is 2.79. The Kier molecular flexibility index (Phi) is 4.66. The molecular weight excluding hydrogens is 344 g/mol. The van der Waals surface area contributed by atoms with Crippen LogP contribution in [0, 0.1) is 17.0 Å². The van der Waals surface area contributed by atoms with E-state index in [2.05, 4.69) is 38.1 Å². The van der Waals surface area contributed by atoms with E-state index in [1.165, 1.54) is 11.1 Å². The summed E-state index contributed by atoms with van der Waals surface area (Å²) in [5, 5.41) is 14.9. The normalized spacial score (nSPS) is 10.6. The highest BCUT2D eigenvalue weighted by atomic mass is 79.9. The first kappa shape index (κ1) is 14.9. The van der Waals surface area contributed by atoms with E-state index in [9.17, 15) is 10.1 Å². The van der Waals surface area contributed by atoms with Gasteiger partial charge in [-0.05, 0) is 29.3 Å². The maximum absolute atomic E-state index is 10.8. The fraction of sp³-hybridized carbons (Fsp3) is 0.333. The van der Waals surface area contributed by atoms with Gasteiger partial charge >= 0.3 is 0 Å². The lowest BCUT2D eigenvalue weighted by Gasteiger charge is -2.08. The van der Waals surface area contributed by atoms with Crippen LogP contribution in [0.5, 0.6) is 0 Å². The zero-order valence-electron chi connectivity index (χ0n) is 11.0.